The number of alkyl halides is 1. The molecule has 0 unspecified atom stereocenters. The lowest BCUT2D eigenvalue weighted by Gasteiger charge is -2.29. The van der Waals surface area contributed by atoms with Gasteiger partial charge in [-0.2, -0.15) is 0 Å². The van der Waals surface area contributed by atoms with E-state index in [2.05, 4.69) is 35.1 Å². The number of rotatable bonds is 6. The SMILES string of the molecule is CCC(CC)(CBr)CNC(=O)c1ccc(C)o1. The zero-order chi connectivity index (χ0) is 12.9. The van der Waals surface area contributed by atoms with Crippen LogP contribution in [0.3, 0.4) is 0 Å². The summed E-state index contributed by atoms with van der Waals surface area (Å²) in [6, 6.07) is 3.50. The highest BCUT2D eigenvalue weighted by molar-refractivity contribution is 9.09. The van der Waals surface area contributed by atoms with Gasteiger partial charge in [0, 0.05) is 11.9 Å². The molecule has 1 aromatic rings. The van der Waals surface area contributed by atoms with Crippen molar-refractivity contribution in [2.45, 2.75) is 33.6 Å². The zero-order valence-corrected chi connectivity index (χ0v) is 12.3. The van der Waals surface area contributed by atoms with E-state index >= 15 is 0 Å². The summed E-state index contributed by atoms with van der Waals surface area (Å²) >= 11 is 3.53. The number of halogens is 1. The molecule has 0 aliphatic heterocycles. The highest BCUT2D eigenvalue weighted by Crippen LogP contribution is 2.27. The molecule has 0 atom stereocenters. The quantitative estimate of drug-likeness (QED) is 0.817. The molecule has 96 valence electrons. The van der Waals surface area contributed by atoms with Crippen molar-refractivity contribution < 1.29 is 9.21 Å². The second-order valence-electron chi connectivity index (χ2n) is 4.43. The van der Waals surface area contributed by atoms with Crippen LogP contribution in [0.15, 0.2) is 16.5 Å². The number of aryl methyl sites for hydroxylation is 1. The van der Waals surface area contributed by atoms with Gasteiger partial charge in [0.05, 0.1) is 0 Å². The van der Waals surface area contributed by atoms with Gasteiger partial charge in [0.15, 0.2) is 5.76 Å². The van der Waals surface area contributed by atoms with Crippen molar-refractivity contribution in [3.8, 4) is 0 Å². The largest absolute Gasteiger partial charge is 0.456 e. The standard InChI is InChI=1S/C13H20BrNO2/c1-4-13(5-2,8-14)9-15-12(16)11-7-6-10(3)17-11/h6-7H,4-5,8-9H2,1-3H3,(H,15,16). The lowest BCUT2D eigenvalue weighted by Crippen LogP contribution is -2.38. The molecule has 3 nitrogen and oxygen atoms in total. The molecule has 4 heteroatoms. The summed E-state index contributed by atoms with van der Waals surface area (Å²) in [5.74, 6) is 1.01. The summed E-state index contributed by atoms with van der Waals surface area (Å²) in [5, 5.41) is 3.84. The normalized spacial score (nSPS) is 11.5. The maximum atomic E-state index is 11.8. The van der Waals surface area contributed by atoms with Crippen molar-refractivity contribution in [3.63, 3.8) is 0 Å². The average molecular weight is 302 g/mol. The van der Waals surface area contributed by atoms with Crippen LogP contribution in [-0.2, 0) is 0 Å². The van der Waals surface area contributed by atoms with Gasteiger partial charge in [-0.1, -0.05) is 29.8 Å². The molecule has 0 saturated carbocycles. The van der Waals surface area contributed by atoms with Crippen molar-refractivity contribution >= 4 is 21.8 Å². The number of hydrogen-bond acceptors (Lipinski definition) is 2. The van der Waals surface area contributed by atoms with Crippen LogP contribution in [0.2, 0.25) is 0 Å². The summed E-state index contributed by atoms with van der Waals surface area (Å²) < 4.78 is 5.29. The Kier molecular flexibility index (Phi) is 5.25. The number of furan rings is 1. The van der Waals surface area contributed by atoms with E-state index < -0.39 is 0 Å². The molecule has 0 aromatic carbocycles. The molecule has 1 aromatic heterocycles. The van der Waals surface area contributed by atoms with Gasteiger partial charge in [-0.05, 0) is 37.3 Å². The van der Waals surface area contributed by atoms with Crippen LogP contribution in [0.1, 0.15) is 43.0 Å². The Bertz CT molecular complexity index is 361. The van der Waals surface area contributed by atoms with Crippen LogP contribution in [0.4, 0.5) is 0 Å². The Balaban J connectivity index is 2.58. The van der Waals surface area contributed by atoms with Crippen molar-refractivity contribution in [1.82, 2.24) is 5.32 Å². The molecule has 0 saturated heterocycles. The van der Waals surface area contributed by atoms with E-state index in [9.17, 15) is 4.79 Å². The van der Waals surface area contributed by atoms with Gasteiger partial charge in [-0.25, -0.2) is 0 Å². The average Bonchev–Trinajstić information content (AvgIpc) is 2.78. The van der Waals surface area contributed by atoms with E-state index in [1.54, 1.807) is 12.1 Å². The summed E-state index contributed by atoms with van der Waals surface area (Å²) in [6.07, 6.45) is 2.07. The minimum atomic E-state index is -0.134. The first-order valence-corrected chi connectivity index (χ1v) is 7.09. The van der Waals surface area contributed by atoms with Gasteiger partial charge in [-0.15, -0.1) is 0 Å². The minimum Gasteiger partial charge on any atom is -0.456 e. The van der Waals surface area contributed by atoms with E-state index in [1.165, 1.54) is 0 Å². The van der Waals surface area contributed by atoms with Crippen molar-refractivity contribution in [2.24, 2.45) is 5.41 Å². The molecule has 0 aliphatic carbocycles. The fourth-order valence-corrected chi connectivity index (χ4v) is 2.64. The Hall–Kier alpha value is -0.770. The number of carbonyl (C=O) groups is 1. The number of carbonyl (C=O) groups excluding carboxylic acids is 1. The smallest absolute Gasteiger partial charge is 0.287 e. The summed E-state index contributed by atoms with van der Waals surface area (Å²) in [6.45, 7) is 6.80. The molecule has 17 heavy (non-hydrogen) atoms. The van der Waals surface area contributed by atoms with Gasteiger partial charge in [0.2, 0.25) is 0 Å². The molecule has 0 fully saturated rings. The molecular formula is C13H20BrNO2. The second kappa shape index (κ2) is 6.24. The molecule has 0 radical (unpaired) electrons. The Morgan fingerprint density at radius 1 is 1.41 bits per heavy atom. The third-order valence-electron chi connectivity index (χ3n) is 3.37. The van der Waals surface area contributed by atoms with Crippen LogP contribution >= 0.6 is 15.9 Å². The lowest BCUT2D eigenvalue weighted by molar-refractivity contribution is 0.0903. The third-order valence-corrected chi connectivity index (χ3v) is 4.56. The van der Waals surface area contributed by atoms with Crippen molar-refractivity contribution in [2.75, 3.05) is 11.9 Å². The van der Waals surface area contributed by atoms with E-state index in [0.717, 1.165) is 23.9 Å². The molecule has 1 heterocycles. The van der Waals surface area contributed by atoms with E-state index in [1.807, 2.05) is 6.92 Å². The van der Waals surface area contributed by atoms with Gasteiger partial charge >= 0.3 is 0 Å². The maximum absolute atomic E-state index is 11.8. The molecule has 1 amide bonds. The van der Waals surface area contributed by atoms with E-state index in [4.69, 9.17) is 4.42 Å². The van der Waals surface area contributed by atoms with Crippen LogP contribution < -0.4 is 5.32 Å². The maximum Gasteiger partial charge on any atom is 0.287 e. The summed E-state index contributed by atoms with van der Waals surface area (Å²) in [4.78, 5) is 11.8. The minimum absolute atomic E-state index is 0.134. The van der Waals surface area contributed by atoms with E-state index in [-0.39, 0.29) is 11.3 Å². The number of hydrogen-bond donors (Lipinski definition) is 1. The van der Waals surface area contributed by atoms with Gasteiger partial charge < -0.3 is 9.73 Å². The first kappa shape index (κ1) is 14.3. The molecule has 0 spiro atoms. The lowest BCUT2D eigenvalue weighted by atomic mass is 9.84. The Morgan fingerprint density at radius 3 is 2.47 bits per heavy atom. The Labute approximate surface area is 111 Å². The zero-order valence-electron chi connectivity index (χ0n) is 10.7. The topological polar surface area (TPSA) is 42.2 Å². The van der Waals surface area contributed by atoms with Gasteiger partial charge in [-0.3, -0.25) is 4.79 Å². The third kappa shape index (κ3) is 3.60. The van der Waals surface area contributed by atoms with Crippen LogP contribution in [0.25, 0.3) is 0 Å². The van der Waals surface area contributed by atoms with Gasteiger partial charge in [0.25, 0.3) is 5.91 Å². The molecule has 0 aliphatic rings. The first-order valence-electron chi connectivity index (χ1n) is 5.97. The van der Waals surface area contributed by atoms with Crippen LogP contribution in [-0.4, -0.2) is 17.8 Å². The molecule has 1 N–H and O–H groups in total. The highest BCUT2D eigenvalue weighted by Gasteiger charge is 2.25. The Morgan fingerprint density at radius 2 is 2.06 bits per heavy atom. The predicted octanol–water partition coefficient (Wildman–Crippen LogP) is 3.52. The van der Waals surface area contributed by atoms with Crippen LogP contribution in [0.5, 0.6) is 0 Å². The fraction of sp³-hybridized carbons (Fsp3) is 0.615. The summed E-state index contributed by atoms with van der Waals surface area (Å²) in [5.41, 5.74) is 0.136. The fourth-order valence-electron chi connectivity index (χ4n) is 1.65. The van der Waals surface area contributed by atoms with Gasteiger partial charge in [0.1, 0.15) is 5.76 Å². The molecule has 0 bridgehead atoms. The van der Waals surface area contributed by atoms with E-state index in [0.29, 0.717) is 12.3 Å². The summed E-state index contributed by atoms with van der Waals surface area (Å²) in [7, 11) is 0. The molecule has 1 rings (SSSR count). The first-order chi connectivity index (χ1) is 8.06. The number of nitrogens with one attached hydrogen (secondary N) is 1. The van der Waals surface area contributed by atoms with Crippen LogP contribution in [0, 0.1) is 12.3 Å². The monoisotopic (exact) mass is 301 g/mol. The number of amides is 1. The molecular weight excluding hydrogens is 282 g/mol. The van der Waals surface area contributed by atoms with Crippen molar-refractivity contribution in [1.29, 1.82) is 0 Å². The highest BCUT2D eigenvalue weighted by atomic mass is 79.9. The predicted molar refractivity (Wildman–Crippen MR) is 72.6 cm³/mol. The second-order valence-corrected chi connectivity index (χ2v) is 4.99. The van der Waals surface area contributed by atoms with Crippen molar-refractivity contribution in [3.05, 3.63) is 23.7 Å².